The van der Waals surface area contributed by atoms with Crippen molar-refractivity contribution in [3.63, 3.8) is 0 Å². The summed E-state index contributed by atoms with van der Waals surface area (Å²) in [4.78, 5) is 2.45. The van der Waals surface area contributed by atoms with Crippen molar-refractivity contribution in [1.29, 1.82) is 0 Å². The van der Waals surface area contributed by atoms with Crippen LogP contribution in [0.1, 0.15) is 24.8 Å². The lowest BCUT2D eigenvalue weighted by Gasteiger charge is -2.50. The molecule has 0 radical (unpaired) electrons. The molecule has 0 N–H and O–H groups in total. The van der Waals surface area contributed by atoms with E-state index in [9.17, 15) is 0 Å². The van der Waals surface area contributed by atoms with Crippen LogP contribution in [-0.4, -0.2) is 56.6 Å². The quantitative estimate of drug-likeness (QED) is 0.773. The second kappa shape index (κ2) is 7.93. The molecule has 5 heteroatoms. The fraction of sp³-hybridized carbons (Fsp3) is 0.700. The molecule has 1 spiro atoms. The molecule has 138 valence electrons. The average molecular weight is 366 g/mol. The molecule has 3 heterocycles. The van der Waals surface area contributed by atoms with Gasteiger partial charge in [-0.15, -0.1) is 0 Å². The van der Waals surface area contributed by atoms with Gasteiger partial charge in [0.2, 0.25) is 0 Å². The normalized spacial score (nSPS) is 26.8. The Morgan fingerprint density at radius 1 is 1.12 bits per heavy atom. The lowest BCUT2D eigenvalue weighted by Crippen LogP contribution is -2.64. The van der Waals surface area contributed by atoms with Crippen LogP contribution in [0.5, 0.6) is 0 Å². The third-order valence-corrected chi connectivity index (χ3v) is 6.13. The molecule has 1 aromatic rings. The van der Waals surface area contributed by atoms with Gasteiger partial charge in [-0.05, 0) is 42.9 Å². The summed E-state index contributed by atoms with van der Waals surface area (Å²) in [5, 5.41) is 0.809. The van der Waals surface area contributed by atoms with E-state index in [4.69, 9.17) is 25.8 Å². The van der Waals surface area contributed by atoms with Crippen molar-refractivity contribution in [2.75, 3.05) is 46.1 Å². The maximum absolute atomic E-state index is 6.16. The van der Waals surface area contributed by atoms with E-state index in [1.165, 1.54) is 5.56 Å². The van der Waals surface area contributed by atoms with E-state index < -0.39 is 0 Å². The first kappa shape index (κ1) is 17.7. The van der Waals surface area contributed by atoms with E-state index in [0.29, 0.717) is 11.8 Å². The number of hydrogen-bond acceptors (Lipinski definition) is 4. The Bertz CT molecular complexity index is 570. The van der Waals surface area contributed by atoms with Gasteiger partial charge in [0.05, 0.1) is 12.2 Å². The molecule has 1 unspecified atom stereocenters. The molecule has 1 atom stereocenters. The molecule has 3 fully saturated rings. The van der Waals surface area contributed by atoms with E-state index >= 15 is 0 Å². The van der Waals surface area contributed by atoms with Gasteiger partial charge in [-0.1, -0.05) is 23.7 Å². The van der Waals surface area contributed by atoms with Crippen LogP contribution < -0.4 is 0 Å². The fourth-order valence-electron chi connectivity index (χ4n) is 4.38. The lowest BCUT2D eigenvalue weighted by atomic mass is 9.81. The zero-order chi connectivity index (χ0) is 17.1. The minimum absolute atomic E-state index is 0.0221. The maximum atomic E-state index is 6.16. The molecule has 25 heavy (non-hydrogen) atoms. The molecule has 0 amide bonds. The first-order valence-electron chi connectivity index (χ1n) is 9.50. The van der Waals surface area contributed by atoms with Crippen molar-refractivity contribution in [2.45, 2.75) is 31.4 Å². The van der Waals surface area contributed by atoms with Crippen molar-refractivity contribution >= 4 is 11.6 Å². The molecule has 0 saturated carbocycles. The van der Waals surface area contributed by atoms with Crippen LogP contribution in [-0.2, 0) is 20.8 Å². The average Bonchev–Trinajstić information content (AvgIpc) is 2.99. The van der Waals surface area contributed by atoms with Crippen molar-refractivity contribution in [2.24, 2.45) is 11.8 Å². The number of benzene rings is 1. The highest BCUT2D eigenvalue weighted by molar-refractivity contribution is 6.30. The number of ether oxygens (including phenoxy) is 3. The maximum Gasteiger partial charge on any atom is 0.0985 e. The standard InChI is InChI=1S/C20H28ClNO3/c21-19-3-1-2-17(10-19)11-22-14-20(15-22)18(6-9-25-20)13-24-12-16-4-7-23-8-5-16/h1-3,10,16,18H,4-9,11-15H2. The molecule has 0 bridgehead atoms. The topological polar surface area (TPSA) is 30.9 Å². The summed E-state index contributed by atoms with van der Waals surface area (Å²) in [6, 6.07) is 8.14. The Kier molecular flexibility index (Phi) is 5.63. The monoisotopic (exact) mass is 365 g/mol. The van der Waals surface area contributed by atoms with Crippen molar-refractivity contribution < 1.29 is 14.2 Å². The molecular weight excluding hydrogens is 338 g/mol. The van der Waals surface area contributed by atoms with Crippen molar-refractivity contribution in [1.82, 2.24) is 4.90 Å². The van der Waals surface area contributed by atoms with Crippen LogP contribution in [0.25, 0.3) is 0 Å². The van der Waals surface area contributed by atoms with Gasteiger partial charge < -0.3 is 14.2 Å². The van der Waals surface area contributed by atoms with Crippen LogP contribution in [0, 0.1) is 11.8 Å². The molecule has 0 aromatic heterocycles. The number of hydrogen-bond donors (Lipinski definition) is 0. The lowest BCUT2D eigenvalue weighted by molar-refractivity contribution is -0.147. The van der Waals surface area contributed by atoms with E-state index in [2.05, 4.69) is 17.0 Å². The molecule has 3 aliphatic rings. The molecule has 3 aliphatic heterocycles. The minimum Gasteiger partial charge on any atom is -0.381 e. The van der Waals surface area contributed by atoms with Gasteiger partial charge in [-0.3, -0.25) is 4.90 Å². The second-order valence-electron chi connectivity index (χ2n) is 7.77. The van der Waals surface area contributed by atoms with Gasteiger partial charge in [-0.2, -0.15) is 0 Å². The van der Waals surface area contributed by atoms with Crippen LogP contribution in [0.3, 0.4) is 0 Å². The number of rotatable bonds is 6. The third kappa shape index (κ3) is 4.20. The second-order valence-corrected chi connectivity index (χ2v) is 8.20. The first-order valence-corrected chi connectivity index (χ1v) is 9.88. The molecule has 3 saturated heterocycles. The van der Waals surface area contributed by atoms with Gasteiger partial charge >= 0.3 is 0 Å². The zero-order valence-corrected chi connectivity index (χ0v) is 15.5. The van der Waals surface area contributed by atoms with Crippen LogP contribution >= 0.6 is 11.6 Å². The SMILES string of the molecule is Clc1cccc(CN2CC3(C2)OCCC3COCC2CCOCC2)c1. The van der Waals surface area contributed by atoms with Gasteiger partial charge in [-0.25, -0.2) is 0 Å². The van der Waals surface area contributed by atoms with Crippen molar-refractivity contribution in [3.8, 4) is 0 Å². The van der Waals surface area contributed by atoms with Gasteiger partial charge in [0.25, 0.3) is 0 Å². The summed E-state index contributed by atoms with van der Waals surface area (Å²) in [5.41, 5.74) is 1.29. The summed E-state index contributed by atoms with van der Waals surface area (Å²) in [6.07, 6.45) is 3.40. The number of likely N-dealkylation sites (tertiary alicyclic amines) is 1. The largest absolute Gasteiger partial charge is 0.381 e. The highest BCUT2D eigenvalue weighted by Crippen LogP contribution is 2.40. The Morgan fingerprint density at radius 2 is 1.96 bits per heavy atom. The summed E-state index contributed by atoms with van der Waals surface area (Å²) >= 11 is 6.09. The van der Waals surface area contributed by atoms with Crippen molar-refractivity contribution in [3.05, 3.63) is 34.9 Å². The smallest absolute Gasteiger partial charge is 0.0985 e. The number of halogens is 1. The van der Waals surface area contributed by atoms with Crippen LogP contribution in [0.15, 0.2) is 24.3 Å². The minimum atomic E-state index is 0.0221. The van der Waals surface area contributed by atoms with Gasteiger partial charge in [0.1, 0.15) is 0 Å². The highest BCUT2D eigenvalue weighted by atomic mass is 35.5. The molecule has 4 rings (SSSR count). The molecular formula is C20H28ClNO3. The van der Waals surface area contributed by atoms with Gasteiger partial charge in [0.15, 0.2) is 0 Å². The summed E-state index contributed by atoms with van der Waals surface area (Å²) in [7, 11) is 0. The molecule has 0 aliphatic carbocycles. The molecule has 1 aromatic carbocycles. The number of nitrogens with zero attached hydrogens (tertiary/aromatic N) is 1. The summed E-state index contributed by atoms with van der Waals surface area (Å²) in [5.74, 6) is 1.20. The first-order chi connectivity index (χ1) is 12.2. The van der Waals surface area contributed by atoms with Gasteiger partial charge in [0, 0.05) is 57.0 Å². The van der Waals surface area contributed by atoms with E-state index in [1.54, 1.807) is 0 Å². The van der Waals surface area contributed by atoms with Crippen LogP contribution in [0.2, 0.25) is 5.02 Å². The van der Waals surface area contributed by atoms with E-state index in [0.717, 1.165) is 77.0 Å². The molecule has 4 nitrogen and oxygen atoms in total. The third-order valence-electron chi connectivity index (χ3n) is 5.89. The highest BCUT2D eigenvalue weighted by Gasteiger charge is 2.52. The summed E-state index contributed by atoms with van der Waals surface area (Å²) in [6.45, 7) is 7.32. The van der Waals surface area contributed by atoms with E-state index in [-0.39, 0.29) is 5.60 Å². The van der Waals surface area contributed by atoms with Crippen LogP contribution in [0.4, 0.5) is 0 Å². The Morgan fingerprint density at radius 3 is 2.76 bits per heavy atom. The summed E-state index contributed by atoms with van der Waals surface area (Å²) < 4.78 is 17.7. The predicted molar refractivity (Wildman–Crippen MR) is 97.9 cm³/mol. The Balaban J connectivity index is 1.23. The van der Waals surface area contributed by atoms with E-state index in [1.807, 2.05) is 12.1 Å². The fourth-order valence-corrected chi connectivity index (χ4v) is 4.59. The predicted octanol–water partition coefficient (Wildman–Crippen LogP) is 3.37. The Hall–Kier alpha value is -0.650. The Labute approximate surface area is 155 Å². The zero-order valence-electron chi connectivity index (χ0n) is 14.8.